The summed E-state index contributed by atoms with van der Waals surface area (Å²) in [6, 6.07) is 8.71. The first-order valence-electron chi connectivity index (χ1n) is 9.19. The molecule has 0 radical (unpaired) electrons. The van der Waals surface area contributed by atoms with E-state index >= 15 is 0 Å². The lowest BCUT2D eigenvalue weighted by atomic mass is 10.1. The molecule has 1 heterocycles. The van der Waals surface area contributed by atoms with Gasteiger partial charge in [0.1, 0.15) is 5.82 Å². The van der Waals surface area contributed by atoms with Crippen molar-refractivity contribution in [3.8, 4) is 0 Å². The summed E-state index contributed by atoms with van der Waals surface area (Å²) in [5.41, 5.74) is -1.85. The van der Waals surface area contributed by atoms with Gasteiger partial charge >= 0.3 is 6.18 Å². The fourth-order valence-electron chi connectivity index (χ4n) is 2.93. The molecule has 0 unspecified atom stereocenters. The molecule has 2 aromatic carbocycles. The van der Waals surface area contributed by atoms with Crippen LogP contribution in [0.15, 0.2) is 59.6 Å². The molecule has 0 saturated carbocycles. The summed E-state index contributed by atoms with van der Waals surface area (Å²) >= 11 is 5.90. The summed E-state index contributed by atoms with van der Waals surface area (Å²) < 4.78 is 81.0. The normalized spacial score (nSPS) is 11.8. The number of alkyl halides is 3. The number of hydrogen-bond donors (Lipinski definition) is 1. The van der Waals surface area contributed by atoms with E-state index in [2.05, 4.69) is 9.71 Å². The zero-order valence-corrected chi connectivity index (χ0v) is 18.7. The van der Waals surface area contributed by atoms with Gasteiger partial charge in [0.2, 0.25) is 0 Å². The van der Waals surface area contributed by atoms with E-state index in [1.54, 1.807) is 0 Å². The third kappa shape index (κ3) is 5.42. The van der Waals surface area contributed by atoms with Crippen molar-refractivity contribution in [1.82, 2.24) is 4.98 Å². The number of aromatic nitrogens is 1. The first-order valence-corrected chi connectivity index (χ1v) is 11.1. The largest absolute Gasteiger partial charge is 0.416 e. The second kappa shape index (κ2) is 8.99. The average molecular weight is 502 g/mol. The number of nitrogens with zero attached hydrogens (tertiary/aromatic N) is 2. The Morgan fingerprint density at radius 2 is 1.82 bits per heavy atom. The van der Waals surface area contributed by atoms with Crippen LogP contribution in [0, 0.1) is 12.7 Å². The van der Waals surface area contributed by atoms with Crippen molar-refractivity contribution < 1.29 is 30.8 Å². The maximum absolute atomic E-state index is 13.5. The molecule has 0 bridgehead atoms. The average Bonchev–Trinajstić information content (AvgIpc) is 2.72. The van der Waals surface area contributed by atoms with E-state index in [0.29, 0.717) is 6.07 Å². The molecule has 0 aliphatic carbocycles. The fourth-order valence-corrected chi connectivity index (χ4v) is 4.17. The molecule has 174 valence electrons. The number of anilines is 2. The smallest absolute Gasteiger partial charge is 0.310 e. The predicted molar refractivity (Wildman–Crippen MR) is 115 cm³/mol. The van der Waals surface area contributed by atoms with Crippen molar-refractivity contribution >= 4 is 38.9 Å². The molecule has 12 heteroatoms. The lowest BCUT2D eigenvalue weighted by Gasteiger charge is -2.19. The van der Waals surface area contributed by atoms with Gasteiger partial charge in [-0.1, -0.05) is 23.7 Å². The summed E-state index contributed by atoms with van der Waals surface area (Å²) in [6.45, 7) is 1.20. The van der Waals surface area contributed by atoms with Crippen LogP contribution < -0.4 is 9.62 Å². The molecule has 6 nitrogen and oxygen atoms in total. The third-order valence-electron chi connectivity index (χ3n) is 4.63. The predicted octanol–water partition coefficient (Wildman–Crippen LogP) is 5.28. The lowest BCUT2D eigenvalue weighted by molar-refractivity contribution is -0.138. The zero-order valence-electron chi connectivity index (χ0n) is 17.1. The van der Waals surface area contributed by atoms with Gasteiger partial charge in [0, 0.05) is 18.9 Å². The van der Waals surface area contributed by atoms with Crippen LogP contribution in [0.3, 0.4) is 0 Å². The van der Waals surface area contributed by atoms with Gasteiger partial charge in [-0.25, -0.2) is 17.8 Å². The lowest BCUT2D eigenvalue weighted by Crippen LogP contribution is -2.29. The van der Waals surface area contributed by atoms with Crippen LogP contribution in [0.1, 0.15) is 21.6 Å². The Balaban J connectivity index is 2.01. The van der Waals surface area contributed by atoms with E-state index in [9.17, 15) is 30.8 Å². The Labute approximate surface area is 191 Å². The summed E-state index contributed by atoms with van der Waals surface area (Å²) in [7, 11) is -3.24. The van der Waals surface area contributed by atoms with Crippen LogP contribution in [-0.4, -0.2) is 26.4 Å². The highest BCUT2D eigenvalue weighted by Crippen LogP contribution is 2.34. The maximum Gasteiger partial charge on any atom is 0.416 e. The Morgan fingerprint density at radius 1 is 1.12 bits per heavy atom. The third-order valence-corrected chi connectivity index (χ3v) is 6.20. The summed E-state index contributed by atoms with van der Waals surface area (Å²) in [6.07, 6.45) is -3.67. The highest BCUT2D eigenvalue weighted by atomic mass is 35.5. The molecule has 0 atom stereocenters. The fraction of sp³-hybridized carbons (Fsp3) is 0.143. The van der Waals surface area contributed by atoms with Crippen LogP contribution in [-0.2, 0) is 16.2 Å². The summed E-state index contributed by atoms with van der Waals surface area (Å²) in [5.74, 6) is -1.41. The molecule has 0 saturated heterocycles. The minimum Gasteiger partial charge on any atom is -0.310 e. The van der Waals surface area contributed by atoms with Gasteiger partial charge in [0.25, 0.3) is 15.9 Å². The van der Waals surface area contributed by atoms with Crippen LogP contribution in [0.2, 0.25) is 5.02 Å². The number of carbonyl (C=O) groups is 1. The van der Waals surface area contributed by atoms with Gasteiger partial charge in [-0.2, -0.15) is 13.2 Å². The minimum atomic E-state index is -4.76. The van der Waals surface area contributed by atoms with Gasteiger partial charge in [-0.3, -0.25) is 9.52 Å². The van der Waals surface area contributed by atoms with E-state index in [1.807, 2.05) is 0 Å². The quantitative estimate of drug-likeness (QED) is 0.482. The summed E-state index contributed by atoms with van der Waals surface area (Å²) in [5, 5.41) is -0.0301. The number of aryl methyl sites for hydroxylation is 1. The number of nitrogens with one attached hydrogen (secondary N) is 1. The molecule has 1 N–H and O–H groups in total. The van der Waals surface area contributed by atoms with Gasteiger partial charge in [-0.05, 0) is 48.9 Å². The van der Waals surface area contributed by atoms with Crippen molar-refractivity contribution in [2.75, 3.05) is 16.7 Å². The molecule has 3 rings (SSSR count). The Bertz CT molecular complexity index is 1330. The molecule has 1 aromatic heterocycles. The molecule has 1 amide bonds. The van der Waals surface area contributed by atoms with Crippen molar-refractivity contribution in [1.29, 1.82) is 0 Å². The van der Waals surface area contributed by atoms with Crippen LogP contribution in [0.4, 0.5) is 28.9 Å². The second-order valence-corrected chi connectivity index (χ2v) is 9.09. The molecule has 0 aliphatic heterocycles. The van der Waals surface area contributed by atoms with Crippen molar-refractivity contribution in [2.24, 2.45) is 0 Å². The first kappa shape index (κ1) is 24.5. The van der Waals surface area contributed by atoms with E-state index in [4.69, 9.17) is 11.6 Å². The van der Waals surface area contributed by atoms with Gasteiger partial charge < -0.3 is 4.90 Å². The van der Waals surface area contributed by atoms with Crippen LogP contribution in [0.5, 0.6) is 0 Å². The first-order chi connectivity index (χ1) is 15.3. The molecule has 33 heavy (non-hydrogen) atoms. The Kier molecular flexibility index (Phi) is 6.66. The number of benzene rings is 2. The maximum atomic E-state index is 13.5. The Morgan fingerprint density at radius 3 is 2.45 bits per heavy atom. The molecular formula is C21H16ClF4N3O3S. The minimum absolute atomic E-state index is 0.0301. The second-order valence-electron chi connectivity index (χ2n) is 6.97. The summed E-state index contributed by atoms with van der Waals surface area (Å²) in [4.78, 5) is 17.2. The number of amides is 1. The number of halogens is 5. The van der Waals surface area contributed by atoms with E-state index in [0.717, 1.165) is 35.4 Å². The standard InChI is InChI=1S/C21H16ClF4N3O3S/c1-12-6-7-16(10-17(12)21(24,25)26)33(31,32)28-18-8-13(22)11-27-19(18)20(30)29(2)15-5-3-4-14(23)9-15/h3-11,28H,1-2H3. The number of rotatable bonds is 5. The van der Waals surface area contributed by atoms with Crippen LogP contribution >= 0.6 is 11.6 Å². The van der Waals surface area contributed by atoms with Crippen molar-refractivity contribution in [2.45, 2.75) is 18.0 Å². The van der Waals surface area contributed by atoms with Crippen LogP contribution in [0.25, 0.3) is 0 Å². The number of sulfonamides is 1. The highest BCUT2D eigenvalue weighted by Gasteiger charge is 2.34. The molecule has 0 aliphatic rings. The number of carbonyl (C=O) groups excluding carboxylic acids is 1. The molecular weight excluding hydrogens is 486 g/mol. The number of pyridine rings is 1. The van der Waals surface area contributed by atoms with Gasteiger partial charge in [0.05, 0.1) is 21.2 Å². The van der Waals surface area contributed by atoms with Gasteiger partial charge in [0.15, 0.2) is 5.69 Å². The Hall–Kier alpha value is -3.18. The van der Waals surface area contributed by atoms with Gasteiger partial charge in [-0.15, -0.1) is 0 Å². The highest BCUT2D eigenvalue weighted by molar-refractivity contribution is 7.92. The van der Waals surface area contributed by atoms with Crippen molar-refractivity contribution in [3.63, 3.8) is 0 Å². The van der Waals surface area contributed by atoms with E-state index in [-0.39, 0.29) is 22.0 Å². The monoisotopic (exact) mass is 501 g/mol. The SMILES string of the molecule is Cc1ccc(S(=O)(=O)Nc2cc(Cl)cnc2C(=O)N(C)c2cccc(F)c2)cc1C(F)(F)F. The van der Waals surface area contributed by atoms with Crippen molar-refractivity contribution in [3.05, 3.63) is 82.4 Å². The van der Waals surface area contributed by atoms with E-state index < -0.39 is 44.1 Å². The molecule has 0 fully saturated rings. The zero-order chi connectivity index (χ0) is 24.6. The number of hydrogen-bond acceptors (Lipinski definition) is 4. The van der Waals surface area contributed by atoms with E-state index in [1.165, 1.54) is 32.2 Å². The molecule has 3 aromatic rings. The molecule has 0 spiro atoms. The topological polar surface area (TPSA) is 79.4 Å².